The molecule has 1 unspecified atom stereocenters. The number of guanidine groups is 1. The van der Waals surface area contributed by atoms with E-state index in [1.165, 1.54) is 0 Å². The molecule has 0 bridgehead atoms. The van der Waals surface area contributed by atoms with Gasteiger partial charge in [0.05, 0.1) is 6.54 Å². The maximum Gasteiger partial charge on any atom is 0.191 e. The van der Waals surface area contributed by atoms with Crippen LogP contribution in [0.1, 0.15) is 38.7 Å². The molecule has 0 amide bonds. The highest BCUT2D eigenvalue weighted by Gasteiger charge is 2.26. The van der Waals surface area contributed by atoms with Gasteiger partial charge < -0.3 is 20.2 Å². The summed E-state index contributed by atoms with van der Waals surface area (Å²) >= 11 is 0. The zero-order valence-electron chi connectivity index (χ0n) is 12.3. The average Bonchev–Trinajstić information content (AvgIpc) is 2.80. The molecule has 0 fully saturated rings. The van der Waals surface area contributed by atoms with Crippen LogP contribution in [-0.4, -0.2) is 30.7 Å². The van der Waals surface area contributed by atoms with Gasteiger partial charge in [-0.3, -0.25) is 0 Å². The molecule has 1 aromatic heterocycles. The number of rotatable bonds is 6. The largest absolute Gasteiger partial charge is 0.463 e. The van der Waals surface area contributed by atoms with Crippen LogP contribution in [0, 0.1) is 6.92 Å². The van der Waals surface area contributed by atoms with Crippen LogP contribution in [0.5, 0.6) is 0 Å². The Morgan fingerprint density at radius 3 is 2.63 bits per heavy atom. The van der Waals surface area contributed by atoms with Gasteiger partial charge in [0.15, 0.2) is 5.96 Å². The molecule has 1 atom stereocenters. The molecule has 3 N–H and O–H groups in total. The zero-order valence-corrected chi connectivity index (χ0v) is 12.3. The summed E-state index contributed by atoms with van der Waals surface area (Å²) < 4.78 is 5.46. The van der Waals surface area contributed by atoms with Gasteiger partial charge in [-0.2, -0.15) is 0 Å². The van der Waals surface area contributed by atoms with Gasteiger partial charge in [-0.15, -0.1) is 0 Å². The summed E-state index contributed by atoms with van der Waals surface area (Å²) in [5, 5.41) is 16.7. The molecule has 19 heavy (non-hydrogen) atoms. The molecule has 5 nitrogen and oxygen atoms in total. The Morgan fingerprint density at radius 2 is 2.11 bits per heavy atom. The first-order valence-corrected chi connectivity index (χ1v) is 6.81. The summed E-state index contributed by atoms with van der Waals surface area (Å²) in [7, 11) is 0. The molecular formula is C14H25N3O2. The van der Waals surface area contributed by atoms with Crippen LogP contribution in [0.2, 0.25) is 0 Å². The van der Waals surface area contributed by atoms with Crippen molar-refractivity contribution in [2.24, 2.45) is 4.99 Å². The molecule has 0 saturated carbocycles. The Kier molecular flexibility index (Phi) is 5.89. The van der Waals surface area contributed by atoms with E-state index in [9.17, 15) is 5.11 Å². The highest BCUT2D eigenvalue weighted by Crippen LogP contribution is 2.22. The van der Waals surface area contributed by atoms with Crippen molar-refractivity contribution < 1.29 is 9.52 Å². The second-order valence-electron chi connectivity index (χ2n) is 4.81. The van der Waals surface area contributed by atoms with E-state index in [1.807, 2.05) is 19.9 Å². The van der Waals surface area contributed by atoms with Crippen LogP contribution in [0.4, 0.5) is 0 Å². The quantitative estimate of drug-likeness (QED) is 0.542. The molecule has 0 aliphatic rings. The van der Waals surface area contributed by atoms with Crippen molar-refractivity contribution in [3.63, 3.8) is 0 Å². The van der Waals surface area contributed by atoms with Gasteiger partial charge in [-0.1, -0.05) is 6.92 Å². The predicted molar refractivity (Wildman–Crippen MR) is 77.3 cm³/mol. The first kappa shape index (κ1) is 15.6. The van der Waals surface area contributed by atoms with Gasteiger partial charge in [0.1, 0.15) is 17.1 Å². The summed E-state index contributed by atoms with van der Waals surface area (Å²) in [5.74, 6) is 2.04. The van der Waals surface area contributed by atoms with Crippen molar-refractivity contribution in [3.05, 3.63) is 23.7 Å². The molecule has 1 heterocycles. The Labute approximate surface area is 115 Å². The average molecular weight is 267 g/mol. The van der Waals surface area contributed by atoms with Gasteiger partial charge in [-0.05, 0) is 39.3 Å². The number of aliphatic imine (C=N–C) groups is 1. The van der Waals surface area contributed by atoms with Crippen molar-refractivity contribution in [3.8, 4) is 0 Å². The molecule has 0 spiro atoms. The lowest BCUT2D eigenvalue weighted by molar-refractivity contribution is 0.0428. The highest BCUT2D eigenvalue weighted by molar-refractivity contribution is 5.79. The van der Waals surface area contributed by atoms with Crippen LogP contribution in [0.25, 0.3) is 0 Å². The molecular weight excluding hydrogens is 242 g/mol. The van der Waals surface area contributed by atoms with Gasteiger partial charge in [0.2, 0.25) is 0 Å². The van der Waals surface area contributed by atoms with Crippen LogP contribution in [-0.2, 0) is 5.60 Å². The number of nitrogens with one attached hydrogen (secondary N) is 2. The van der Waals surface area contributed by atoms with Crippen LogP contribution in [0.3, 0.4) is 0 Å². The molecule has 0 aromatic carbocycles. The Balaban J connectivity index is 2.69. The van der Waals surface area contributed by atoms with Crippen molar-refractivity contribution >= 4 is 5.96 Å². The fourth-order valence-electron chi connectivity index (χ4n) is 1.62. The lowest BCUT2D eigenvalue weighted by atomic mass is 10.0. The maximum absolute atomic E-state index is 10.4. The Hall–Kier alpha value is -1.49. The van der Waals surface area contributed by atoms with Crippen molar-refractivity contribution in [2.75, 3.05) is 19.6 Å². The Morgan fingerprint density at radius 1 is 1.37 bits per heavy atom. The highest BCUT2D eigenvalue weighted by atomic mass is 16.4. The van der Waals surface area contributed by atoms with E-state index in [1.54, 1.807) is 13.0 Å². The second-order valence-corrected chi connectivity index (χ2v) is 4.81. The number of hydrogen-bond acceptors (Lipinski definition) is 3. The van der Waals surface area contributed by atoms with Gasteiger partial charge in [-0.25, -0.2) is 4.99 Å². The zero-order chi connectivity index (χ0) is 14.3. The summed E-state index contributed by atoms with van der Waals surface area (Å²) in [6.07, 6.45) is 1.03. The van der Waals surface area contributed by atoms with E-state index in [0.717, 1.165) is 25.3 Å². The van der Waals surface area contributed by atoms with Crippen molar-refractivity contribution in [1.82, 2.24) is 10.6 Å². The lowest BCUT2D eigenvalue weighted by Gasteiger charge is -2.19. The minimum atomic E-state index is -1.09. The fraction of sp³-hybridized carbons (Fsp3) is 0.643. The molecule has 108 valence electrons. The van der Waals surface area contributed by atoms with Gasteiger partial charge in [0.25, 0.3) is 0 Å². The smallest absolute Gasteiger partial charge is 0.191 e. The number of aliphatic hydroxyl groups is 1. The number of hydrogen-bond donors (Lipinski definition) is 3. The van der Waals surface area contributed by atoms with Gasteiger partial charge >= 0.3 is 0 Å². The van der Waals surface area contributed by atoms with E-state index in [2.05, 4.69) is 22.5 Å². The minimum Gasteiger partial charge on any atom is -0.463 e. The number of aryl methyl sites for hydroxylation is 1. The van der Waals surface area contributed by atoms with E-state index in [-0.39, 0.29) is 6.54 Å². The van der Waals surface area contributed by atoms with E-state index in [0.29, 0.717) is 11.7 Å². The van der Waals surface area contributed by atoms with E-state index < -0.39 is 5.60 Å². The third-order valence-electron chi connectivity index (χ3n) is 2.70. The summed E-state index contributed by atoms with van der Waals surface area (Å²) in [6, 6.07) is 3.63. The second kappa shape index (κ2) is 7.19. The third kappa shape index (κ3) is 4.95. The summed E-state index contributed by atoms with van der Waals surface area (Å²) in [6.45, 7) is 9.56. The van der Waals surface area contributed by atoms with Gasteiger partial charge in [0, 0.05) is 13.1 Å². The molecule has 5 heteroatoms. The summed E-state index contributed by atoms with van der Waals surface area (Å²) in [5.41, 5.74) is -1.09. The predicted octanol–water partition coefficient (Wildman–Crippen LogP) is 1.76. The lowest BCUT2D eigenvalue weighted by Crippen LogP contribution is -2.39. The van der Waals surface area contributed by atoms with Crippen LogP contribution >= 0.6 is 0 Å². The monoisotopic (exact) mass is 267 g/mol. The normalized spacial score (nSPS) is 15.1. The van der Waals surface area contributed by atoms with E-state index in [4.69, 9.17) is 4.42 Å². The summed E-state index contributed by atoms with van der Waals surface area (Å²) in [4.78, 5) is 4.39. The van der Waals surface area contributed by atoms with Crippen LogP contribution in [0.15, 0.2) is 21.5 Å². The fourth-order valence-corrected chi connectivity index (χ4v) is 1.62. The SMILES string of the molecule is CCCNC(=NCC(C)(O)c1ccc(C)o1)NCC. The van der Waals surface area contributed by atoms with Crippen molar-refractivity contribution in [2.45, 2.75) is 39.7 Å². The number of nitrogens with zero attached hydrogens (tertiary/aromatic N) is 1. The molecule has 0 saturated heterocycles. The molecule has 0 aliphatic heterocycles. The number of furan rings is 1. The standard InChI is InChI=1S/C14H25N3O2/c1-5-9-16-13(15-6-2)17-10-14(4,18)12-8-7-11(3)19-12/h7-8,18H,5-6,9-10H2,1-4H3,(H2,15,16,17). The van der Waals surface area contributed by atoms with E-state index >= 15 is 0 Å². The topological polar surface area (TPSA) is 69.8 Å². The molecule has 0 aliphatic carbocycles. The third-order valence-corrected chi connectivity index (χ3v) is 2.70. The maximum atomic E-state index is 10.4. The van der Waals surface area contributed by atoms with Crippen molar-refractivity contribution in [1.29, 1.82) is 0 Å². The van der Waals surface area contributed by atoms with Crippen LogP contribution < -0.4 is 10.6 Å². The first-order valence-electron chi connectivity index (χ1n) is 6.81. The first-order chi connectivity index (χ1) is 8.99. The minimum absolute atomic E-state index is 0.249. The molecule has 1 rings (SSSR count). The molecule has 0 radical (unpaired) electrons. The molecule has 1 aromatic rings. The Bertz CT molecular complexity index is 411.